The molecule has 1 N–H and O–H groups in total. The SMILES string of the molecule is CC(O)(CC(F)(F)C(F)(F)C(F)(F)C(F)(F)C(F)(F)C(F)(F)Cl)C(=O)OCc1ccccc1. The molecule has 0 aliphatic rings. The molecule has 1 rings (SSSR count). The summed E-state index contributed by atoms with van der Waals surface area (Å²) in [7, 11) is 0. The molecule has 1 atom stereocenters. The van der Waals surface area contributed by atoms with Crippen molar-refractivity contribution in [3.63, 3.8) is 0 Å². The number of hydrogen-bond acceptors (Lipinski definition) is 3. The van der Waals surface area contributed by atoms with E-state index >= 15 is 0 Å². The first-order valence-electron chi connectivity index (χ1n) is 8.35. The van der Waals surface area contributed by atoms with Crippen molar-refractivity contribution in [2.75, 3.05) is 0 Å². The Morgan fingerprint density at radius 3 is 1.67 bits per heavy atom. The van der Waals surface area contributed by atoms with E-state index in [2.05, 4.69) is 16.3 Å². The second-order valence-corrected chi connectivity index (χ2v) is 7.49. The topological polar surface area (TPSA) is 46.5 Å². The summed E-state index contributed by atoms with van der Waals surface area (Å²) in [5.74, 6) is -39.2. The molecule has 3 nitrogen and oxygen atoms in total. The number of carbonyl (C=O) groups is 1. The summed E-state index contributed by atoms with van der Waals surface area (Å²) in [5, 5.41) is 3.15. The van der Waals surface area contributed by atoms with Crippen molar-refractivity contribution < 1.29 is 67.3 Å². The molecule has 1 aromatic rings. The van der Waals surface area contributed by atoms with Gasteiger partial charge in [-0.15, -0.1) is 0 Å². The molecule has 190 valence electrons. The number of esters is 1. The third-order valence-corrected chi connectivity index (χ3v) is 4.45. The molecule has 0 amide bonds. The van der Waals surface area contributed by atoms with Crippen molar-refractivity contribution in [3.05, 3.63) is 35.9 Å². The minimum atomic E-state index is -7.85. The molecule has 0 saturated carbocycles. The van der Waals surface area contributed by atoms with Crippen LogP contribution in [0.1, 0.15) is 18.9 Å². The van der Waals surface area contributed by atoms with Gasteiger partial charge in [-0.05, 0) is 24.1 Å². The maximum absolute atomic E-state index is 13.9. The average Bonchev–Trinajstić information content (AvgIpc) is 2.64. The fourth-order valence-electron chi connectivity index (χ4n) is 2.30. The third-order valence-electron chi connectivity index (χ3n) is 4.22. The second kappa shape index (κ2) is 8.71. The minimum absolute atomic E-state index is 0.0577. The van der Waals surface area contributed by atoms with Crippen LogP contribution in [0.15, 0.2) is 30.3 Å². The summed E-state index contributed by atoms with van der Waals surface area (Å²) in [6, 6.07) is 6.97. The highest BCUT2D eigenvalue weighted by Crippen LogP contribution is 2.61. The summed E-state index contributed by atoms with van der Waals surface area (Å²) < 4.78 is 165. The molecule has 0 radical (unpaired) electrons. The van der Waals surface area contributed by atoms with Gasteiger partial charge >= 0.3 is 41.0 Å². The molecular formula is C17H13ClF12O3. The number of alkyl halides is 13. The number of rotatable bonds is 10. The van der Waals surface area contributed by atoms with E-state index in [1.807, 2.05) is 0 Å². The van der Waals surface area contributed by atoms with E-state index in [0.29, 0.717) is 0 Å². The predicted molar refractivity (Wildman–Crippen MR) is 87.0 cm³/mol. The van der Waals surface area contributed by atoms with E-state index in [9.17, 15) is 62.6 Å². The largest absolute Gasteiger partial charge is 0.459 e. The summed E-state index contributed by atoms with van der Waals surface area (Å²) in [5.41, 5.74) is -3.56. The number of aliphatic hydroxyl groups is 1. The molecular weight excluding hydrogens is 516 g/mol. The van der Waals surface area contributed by atoms with Crippen LogP contribution in [0.2, 0.25) is 0 Å². The molecule has 0 aliphatic carbocycles. The fourth-order valence-corrected chi connectivity index (χ4v) is 2.41. The number of benzene rings is 1. The predicted octanol–water partition coefficient (Wildman–Crippen LogP) is 5.88. The molecule has 0 bridgehead atoms. The van der Waals surface area contributed by atoms with Gasteiger partial charge < -0.3 is 9.84 Å². The summed E-state index contributed by atoms with van der Waals surface area (Å²) in [6.45, 7) is -0.675. The molecule has 33 heavy (non-hydrogen) atoms. The molecule has 0 aliphatic heterocycles. The Hall–Kier alpha value is -1.90. The highest BCUT2D eigenvalue weighted by atomic mass is 35.5. The van der Waals surface area contributed by atoms with Gasteiger partial charge in [0.05, 0.1) is 6.42 Å². The summed E-state index contributed by atoms with van der Waals surface area (Å²) in [6.07, 6.45) is -3.05. The van der Waals surface area contributed by atoms with Crippen LogP contribution in [-0.2, 0) is 16.1 Å². The monoisotopic (exact) mass is 528 g/mol. The number of hydrogen-bond donors (Lipinski definition) is 1. The van der Waals surface area contributed by atoms with E-state index in [0.717, 1.165) is 0 Å². The van der Waals surface area contributed by atoms with Crippen LogP contribution < -0.4 is 0 Å². The van der Waals surface area contributed by atoms with Crippen LogP contribution in [0.25, 0.3) is 0 Å². The second-order valence-electron chi connectivity index (χ2n) is 7.01. The van der Waals surface area contributed by atoms with E-state index in [-0.39, 0.29) is 12.5 Å². The lowest BCUT2D eigenvalue weighted by atomic mass is 9.88. The first-order valence-corrected chi connectivity index (χ1v) is 8.73. The third kappa shape index (κ3) is 5.12. The molecule has 0 fully saturated rings. The van der Waals surface area contributed by atoms with E-state index in [4.69, 9.17) is 0 Å². The van der Waals surface area contributed by atoms with E-state index < -0.39 is 59.6 Å². The molecule has 0 aromatic heterocycles. The molecule has 0 spiro atoms. The molecule has 0 saturated heterocycles. The molecule has 1 aromatic carbocycles. The number of ether oxygens (including phenoxy) is 1. The Bertz CT molecular complexity index is 837. The first kappa shape index (κ1) is 29.1. The van der Waals surface area contributed by atoms with Crippen LogP contribution in [0.4, 0.5) is 52.7 Å². The Labute approximate surface area is 182 Å². The lowest BCUT2D eigenvalue weighted by molar-refractivity contribution is -0.419. The smallest absolute Gasteiger partial charge is 0.393 e. The zero-order chi connectivity index (χ0) is 26.3. The Kier molecular flexibility index (Phi) is 7.69. The standard InChI is InChI=1S/C17H13ClF12O3/c1-11(32,10(31)33-7-9-5-3-2-4-6-9)8-12(19,20)13(21,22)14(23,24)15(25,26)16(27,28)17(18,29)30/h2-6,32H,7-8H2,1H3. The van der Waals surface area contributed by atoms with Crippen LogP contribution in [-0.4, -0.2) is 51.7 Å². The Morgan fingerprint density at radius 1 is 0.818 bits per heavy atom. The zero-order valence-electron chi connectivity index (χ0n) is 16.0. The van der Waals surface area contributed by atoms with Gasteiger partial charge in [0.2, 0.25) is 0 Å². The van der Waals surface area contributed by atoms with Crippen LogP contribution >= 0.6 is 11.6 Å². The van der Waals surface area contributed by atoms with Gasteiger partial charge in [0.25, 0.3) is 0 Å². The van der Waals surface area contributed by atoms with Gasteiger partial charge in [-0.1, -0.05) is 30.3 Å². The normalized spacial score (nSPS) is 16.3. The first-order chi connectivity index (χ1) is 14.5. The fraction of sp³-hybridized carbons (Fsp3) is 0.588. The number of carbonyl (C=O) groups excluding carboxylic acids is 1. The lowest BCUT2D eigenvalue weighted by Crippen LogP contribution is -2.70. The molecule has 1 unspecified atom stereocenters. The van der Waals surface area contributed by atoms with Crippen molar-refractivity contribution >= 4 is 17.6 Å². The number of halogens is 13. The summed E-state index contributed by atoms with van der Waals surface area (Å²) in [4.78, 5) is 11.8. The average molecular weight is 529 g/mol. The van der Waals surface area contributed by atoms with Crippen LogP contribution in [0.3, 0.4) is 0 Å². The van der Waals surface area contributed by atoms with Crippen molar-refractivity contribution in [1.82, 2.24) is 0 Å². The highest BCUT2D eigenvalue weighted by Gasteiger charge is 2.90. The van der Waals surface area contributed by atoms with Gasteiger partial charge in [0.1, 0.15) is 6.61 Å². The lowest BCUT2D eigenvalue weighted by Gasteiger charge is -2.41. The van der Waals surface area contributed by atoms with Gasteiger partial charge in [-0.2, -0.15) is 52.7 Å². The van der Waals surface area contributed by atoms with Gasteiger partial charge in [0, 0.05) is 0 Å². The highest BCUT2D eigenvalue weighted by molar-refractivity contribution is 6.22. The molecule has 16 heteroatoms. The van der Waals surface area contributed by atoms with Crippen molar-refractivity contribution in [3.8, 4) is 0 Å². The van der Waals surface area contributed by atoms with E-state index in [1.165, 1.54) is 30.3 Å². The molecule has 0 heterocycles. The van der Waals surface area contributed by atoms with Crippen molar-refractivity contribution in [2.45, 2.75) is 60.5 Å². The Balaban J connectivity index is 3.21. The Morgan fingerprint density at radius 2 is 1.24 bits per heavy atom. The summed E-state index contributed by atoms with van der Waals surface area (Å²) >= 11 is 3.58. The van der Waals surface area contributed by atoms with Crippen molar-refractivity contribution in [1.29, 1.82) is 0 Å². The minimum Gasteiger partial charge on any atom is -0.459 e. The zero-order valence-corrected chi connectivity index (χ0v) is 16.7. The van der Waals surface area contributed by atoms with Gasteiger partial charge in [-0.25, -0.2) is 4.79 Å². The van der Waals surface area contributed by atoms with E-state index in [1.54, 1.807) is 0 Å². The van der Waals surface area contributed by atoms with Crippen LogP contribution in [0, 0.1) is 0 Å². The quantitative estimate of drug-likeness (QED) is 0.234. The van der Waals surface area contributed by atoms with Crippen molar-refractivity contribution in [2.24, 2.45) is 0 Å². The van der Waals surface area contributed by atoms with Gasteiger partial charge in [-0.3, -0.25) is 0 Å². The van der Waals surface area contributed by atoms with Gasteiger partial charge in [0.15, 0.2) is 5.60 Å². The maximum Gasteiger partial charge on any atom is 0.393 e. The van der Waals surface area contributed by atoms with Crippen LogP contribution in [0.5, 0.6) is 0 Å². The maximum atomic E-state index is 13.9.